The summed E-state index contributed by atoms with van der Waals surface area (Å²) in [7, 11) is 1.60. The van der Waals surface area contributed by atoms with Crippen LogP contribution in [-0.4, -0.2) is 7.11 Å². The lowest BCUT2D eigenvalue weighted by atomic mass is 9.94. The van der Waals surface area contributed by atoms with E-state index in [-0.39, 0.29) is 5.82 Å². The molecule has 0 amide bonds. The Hall–Kier alpha value is -2.61. The molecule has 2 heteroatoms. The third kappa shape index (κ3) is 2.65. The molecular weight excluding hydrogens is 263 g/mol. The largest absolute Gasteiger partial charge is 0.496 e. The molecule has 0 saturated heterocycles. The Morgan fingerprint density at radius 1 is 0.714 bits per heavy atom. The Kier molecular flexibility index (Phi) is 3.69. The van der Waals surface area contributed by atoms with Crippen molar-refractivity contribution >= 4 is 0 Å². The van der Waals surface area contributed by atoms with Crippen LogP contribution in [-0.2, 0) is 0 Å². The molecule has 0 spiro atoms. The predicted molar refractivity (Wildman–Crippen MR) is 83.8 cm³/mol. The fourth-order valence-corrected chi connectivity index (χ4v) is 2.48. The molecule has 3 aromatic rings. The maximum Gasteiger partial charge on any atom is 0.126 e. The average Bonchev–Trinajstić information content (AvgIpc) is 2.55. The van der Waals surface area contributed by atoms with Gasteiger partial charge in [0, 0.05) is 5.56 Å². The van der Waals surface area contributed by atoms with Crippen LogP contribution in [0, 0.1) is 5.82 Å². The van der Waals surface area contributed by atoms with Crippen LogP contribution in [0.3, 0.4) is 0 Å². The number of methoxy groups -OCH3 is 1. The van der Waals surface area contributed by atoms with Gasteiger partial charge < -0.3 is 4.74 Å². The summed E-state index contributed by atoms with van der Waals surface area (Å²) in [6, 6.07) is 22.6. The summed E-state index contributed by atoms with van der Waals surface area (Å²) >= 11 is 0. The summed E-state index contributed by atoms with van der Waals surface area (Å²) in [5.41, 5.74) is 3.87. The van der Waals surface area contributed by atoms with Gasteiger partial charge in [0.1, 0.15) is 11.6 Å². The first-order valence-corrected chi connectivity index (χ1v) is 6.78. The van der Waals surface area contributed by atoms with Crippen molar-refractivity contribution in [3.8, 4) is 28.0 Å². The van der Waals surface area contributed by atoms with E-state index in [1.165, 1.54) is 12.1 Å². The normalized spacial score (nSPS) is 10.4. The number of rotatable bonds is 3. The van der Waals surface area contributed by atoms with Crippen molar-refractivity contribution in [3.63, 3.8) is 0 Å². The van der Waals surface area contributed by atoms with Crippen LogP contribution >= 0.6 is 0 Å². The van der Waals surface area contributed by atoms with Crippen molar-refractivity contribution in [3.05, 3.63) is 78.6 Å². The topological polar surface area (TPSA) is 9.23 Å². The van der Waals surface area contributed by atoms with E-state index in [4.69, 9.17) is 4.74 Å². The maximum absolute atomic E-state index is 13.6. The number of ether oxygens (including phenoxy) is 1. The first-order chi connectivity index (χ1) is 10.3. The quantitative estimate of drug-likeness (QED) is 0.642. The maximum atomic E-state index is 13.6. The van der Waals surface area contributed by atoms with Gasteiger partial charge in [-0.3, -0.25) is 0 Å². The summed E-state index contributed by atoms with van der Waals surface area (Å²) < 4.78 is 19.0. The third-order valence-electron chi connectivity index (χ3n) is 3.46. The molecule has 0 radical (unpaired) electrons. The van der Waals surface area contributed by atoms with E-state index in [1.807, 2.05) is 54.6 Å². The van der Waals surface area contributed by atoms with Crippen LogP contribution in [0.5, 0.6) is 5.75 Å². The lowest BCUT2D eigenvalue weighted by Crippen LogP contribution is -1.91. The zero-order chi connectivity index (χ0) is 14.7. The molecule has 0 bridgehead atoms. The highest BCUT2D eigenvalue weighted by atomic mass is 19.1. The molecule has 0 aromatic heterocycles. The molecule has 104 valence electrons. The molecule has 0 atom stereocenters. The second kappa shape index (κ2) is 5.80. The molecule has 3 rings (SSSR count). The molecular formula is C19H15FO. The Labute approximate surface area is 123 Å². The lowest BCUT2D eigenvalue weighted by Gasteiger charge is -2.13. The zero-order valence-corrected chi connectivity index (χ0v) is 11.7. The van der Waals surface area contributed by atoms with E-state index in [2.05, 4.69) is 0 Å². The van der Waals surface area contributed by atoms with Crippen LogP contribution in [0.25, 0.3) is 22.3 Å². The molecule has 0 aliphatic rings. The smallest absolute Gasteiger partial charge is 0.126 e. The van der Waals surface area contributed by atoms with Crippen molar-refractivity contribution in [1.82, 2.24) is 0 Å². The summed E-state index contributed by atoms with van der Waals surface area (Å²) in [6.45, 7) is 0. The van der Waals surface area contributed by atoms with E-state index in [9.17, 15) is 4.39 Å². The third-order valence-corrected chi connectivity index (χ3v) is 3.46. The number of benzene rings is 3. The average molecular weight is 278 g/mol. The van der Waals surface area contributed by atoms with Crippen molar-refractivity contribution < 1.29 is 9.13 Å². The standard InChI is InChI=1S/C19H15FO/c1-21-19-12-11-15(20)13-18(19)17-10-6-5-9-16(17)14-7-3-2-4-8-14/h2-13H,1H3. The molecule has 0 heterocycles. The van der Waals surface area contributed by atoms with E-state index in [0.29, 0.717) is 5.75 Å². The van der Waals surface area contributed by atoms with Crippen LogP contribution in [0.15, 0.2) is 72.8 Å². The van der Waals surface area contributed by atoms with Gasteiger partial charge in [0.2, 0.25) is 0 Å². The number of halogens is 1. The van der Waals surface area contributed by atoms with E-state index in [1.54, 1.807) is 13.2 Å². The van der Waals surface area contributed by atoms with Crippen molar-refractivity contribution in [2.75, 3.05) is 7.11 Å². The Balaban J connectivity index is 2.23. The molecule has 21 heavy (non-hydrogen) atoms. The minimum atomic E-state index is -0.270. The highest BCUT2D eigenvalue weighted by Gasteiger charge is 2.12. The van der Waals surface area contributed by atoms with Gasteiger partial charge in [0.15, 0.2) is 0 Å². The first-order valence-electron chi connectivity index (χ1n) is 6.78. The molecule has 3 aromatic carbocycles. The van der Waals surface area contributed by atoms with Gasteiger partial charge in [-0.1, -0.05) is 54.6 Å². The van der Waals surface area contributed by atoms with E-state index >= 15 is 0 Å². The first kappa shape index (κ1) is 13.4. The Morgan fingerprint density at radius 3 is 2.10 bits per heavy atom. The summed E-state index contributed by atoms with van der Waals surface area (Å²) in [6.07, 6.45) is 0. The van der Waals surface area contributed by atoms with Crippen LogP contribution in [0.2, 0.25) is 0 Å². The van der Waals surface area contributed by atoms with Crippen LogP contribution in [0.1, 0.15) is 0 Å². The van der Waals surface area contributed by atoms with Gasteiger partial charge in [-0.05, 0) is 34.9 Å². The highest BCUT2D eigenvalue weighted by Crippen LogP contribution is 2.37. The molecule has 0 saturated carbocycles. The molecule has 1 nitrogen and oxygen atoms in total. The fraction of sp³-hybridized carbons (Fsp3) is 0.0526. The van der Waals surface area contributed by atoms with Gasteiger partial charge in [-0.25, -0.2) is 4.39 Å². The molecule has 0 N–H and O–H groups in total. The van der Waals surface area contributed by atoms with E-state index in [0.717, 1.165) is 22.3 Å². The Bertz CT molecular complexity index is 751. The number of hydrogen-bond acceptors (Lipinski definition) is 1. The van der Waals surface area contributed by atoms with Gasteiger partial charge in [0.25, 0.3) is 0 Å². The van der Waals surface area contributed by atoms with Crippen LogP contribution in [0.4, 0.5) is 4.39 Å². The molecule has 0 aliphatic carbocycles. The van der Waals surface area contributed by atoms with Crippen molar-refractivity contribution in [2.45, 2.75) is 0 Å². The predicted octanol–water partition coefficient (Wildman–Crippen LogP) is 5.17. The molecule has 0 unspecified atom stereocenters. The van der Waals surface area contributed by atoms with Gasteiger partial charge >= 0.3 is 0 Å². The van der Waals surface area contributed by atoms with Crippen molar-refractivity contribution in [2.24, 2.45) is 0 Å². The van der Waals surface area contributed by atoms with Gasteiger partial charge in [-0.2, -0.15) is 0 Å². The summed E-state index contributed by atoms with van der Waals surface area (Å²) in [4.78, 5) is 0. The molecule has 0 fully saturated rings. The second-order valence-corrected chi connectivity index (χ2v) is 4.76. The monoisotopic (exact) mass is 278 g/mol. The number of hydrogen-bond donors (Lipinski definition) is 0. The van der Waals surface area contributed by atoms with Crippen LogP contribution < -0.4 is 4.74 Å². The Morgan fingerprint density at radius 2 is 1.38 bits per heavy atom. The van der Waals surface area contributed by atoms with Gasteiger partial charge in [-0.15, -0.1) is 0 Å². The summed E-state index contributed by atoms with van der Waals surface area (Å²) in [5, 5.41) is 0. The van der Waals surface area contributed by atoms with E-state index < -0.39 is 0 Å². The summed E-state index contributed by atoms with van der Waals surface area (Å²) in [5.74, 6) is 0.397. The van der Waals surface area contributed by atoms with Gasteiger partial charge in [0.05, 0.1) is 7.11 Å². The minimum Gasteiger partial charge on any atom is -0.496 e. The second-order valence-electron chi connectivity index (χ2n) is 4.76. The molecule has 0 aliphatic heterocycles. The van der Waals surface area contributed by atoms with Crippen molar-refractivity contribution in [1.29, 1.82) is 0 Å². The minimum absolute atomic E-state index is 0.270. The fourth-order valence-electron chi connectivity index (χ4n) is 2.48. The zero-order valence-electron chi connectivity index (χ0n) is 11.7. The SMILES string of the molecule is COc1ccc(F)cc1-c1ccccc1-c1ccccc1. The lowest BCUT2D eigenvalue weighted by molar-refractivity contribution is 0.415. The highest BCUT2D eigenvalue weighted by molar-refractivity contribution is 5.86.